The number of nitrogens with one attached hydrogen (secondary N) is 1. The molecule has 0 aliphatic carbocycles. The van der Waals surface area contributed by atoms with E-state index in [-0.39, 0.29) is 18.4 Å². The molecule has 14 heavy (non-hydrogen) atoms. The Morgan fingerprint density at radius 2 is 2.00 bits per heavy atom. The van der Waals surface area contributed by atoms with Crippen LogP contribution in [0.25, 0.3) is 0 Å². The highest BCUT2D eigenvalue weighted by Gasteiger charge is 2.12. The smallest absolute Gasteiger partial charge is 0.227 e. The lowest BCUT2D eigenvalue weighted by molar-refractivity contribution is -0.121. The number of aliphatic hydroxyl groups excluding tert-OH is 1. The quantitative estimate of drug-likeness (QED) is 0.753. The number of aliphatic hydroxyl groups is 1. The van der Waals surface area contributed by atoms with Gasteiger partial charge < -0.3 is 10.4 Å². The van der Waals surface area contributed by atoms with Gasteiger partial charge in [-0.05, 0) is 18.1 Å². The molecule has 0 aromatic heterocycles. The van der Waals surface area contributed by atoms with Crippen LogP contribution in [-0.4, -0.2) is 18.1 Å². The lowest BCUT2D eigenvalue weighted by atomic mass is 9.99. The topological polar surface area (TPSA) is 49.3 Å². The van der Waals surface area contributed by atoms with E-state index in [4.69, 9.17) is 5.11 Å². The van der Waals surface area contributed by atoms with Gasteiger partial charge in [-0.1, -0.05) is 24.3 Å². The highest BCUT2D eigenvalue weighted by Crippen LogP contribution is 2.15. The molecule has 3 heteroatoms. The Balaban J connectivity index is 2.81. The van der Waals surface area contributed by atoms with E-state index >= 15 is 0 Å². The number of benzene rings is 1. The third-order valence-corrected chi connectivity index (χ3v) is 2.30. The van der Waals surface area contributed by atoms with Gasteiger partial charge in [-0.3, -0.25) is 4.79 Å². The van der Waals surface area contributed by atoms with Crippen LogP contribution in [-0.2, 0) is 11.4 Å². The minimum atomic E-state index is -0.146. The van der Waals surface area contributed by atoms with Crippen molar-refractivity contribution in [1.82, 2.24) is 5.32 Å². The molecular formula is C11H15NO2. The van der Waals surface area contributed by atoms with Gasteiger partial charge in [0, 0.05) is 7.05 Å². The molecule has 0 saturated carbocycles. The Morgan fingerprint density at radius 3 is 2.43 bits per heavy atom. The number of carbonyl (C=O) groups excluding carboxylic acids is 1. The average Bonchev–Trinajstić information content (AvgIpc) is 2.27. The zero-order valence-electron chi connectivity index (χ0n) is 8.45. The summed E-state index contributed by atoms with van der Waals surface area (Å²) in [7, 11) is 1.63. The van der Waals surface area contributed by atoms with E-state index in [0.29, 0.717) is 0 Å². The van der Waals surface area contributed by atoms with E-state index in [2.05, 4.69) is 5.32 Å². The maximum Gasteiger partial charge on any atom is 0.227 e. The van der Waals surface area contributed by atoms with Gasteiger partial charge in [-0.2, -0.15) is 0 Å². The third-order valence-electron chi connectivity index (χ3n) is 2.30. The summed E-state index contributed by atoms with van der Waals surface area (Å²) in [6.07, 6.45) is 0. The van der Waals surface area contributed by atoms with Crippen LogP contribution in [0, 0.1) is 0 Å². The summed E-state index contributed by atoms with van der Waals surface area (Å²) in [6.45, 7) is 1.89. The van der Waals surface area contributed by atoms with Crippen molar-refractivity contribution in [1.29, 1.82) is 0 Å². The molecule has 2 N–H and O–H groups in total. The van der Waals surface area contributed by atoms with Crippen molar-refractivity contribution in [3.63, 3.8) is 0 Å². The minimum absolute atomic E-state index is 0.00162. The molecule has 0 spiro atoms. The van der Waals surface area contributed by atoms with Crippen LogP contribution < -0.4 is 5.32 Å². The van der Waals surface area contributed by atoms with Crippen molar-refractivity contribution >= 4 is 5.91 Å². The van der Waals surface area contributed by atoms with E-state index in [0.717, 1.165) is 11.1 Å². The lowest BCUT2D eigenvalue weighted by Crippen LogP contribution is -2.23. The Hall–Kier alpha value is -1.35. The van der Waals surface area contributed by atoms with Crippen molar-refractivity contribution in [3.8, 4) is 0 Å². The van der Waals surface area contributed by atoms with Crippen LogP contribution in [0.2, 0.25) is 0 Å². The van der Waals surface area contributed by atoms with Gasteiger partial charge >= 0.3 is 0 Å². The highest BCUT2D eigenvalue weighted by molar-refractivity contribution is 5.82. The monoisotopic (exact) mass is 193 g/mol. The summed E-state index contributed by atoms with van der Waals surface area (Å²) < 4.78 is 0. The fraction of sp³-hybridized carbons (Fsp3) is 0.364. The molecule has 1 aromatic rings. The molecular weight excluding hydrogens is 178 g/mol. The van der Waals surface area contributed by atoms with Gasteiger partial charge in [0.1, 0.15) is 0 Å². The van der Waals surface area contributed by atoms with Crippen molar-refractivity contribution in [2.45, 2.75) is 19.4 Å². The van der Waals surface area contributed by atoms with Gasteiger partial charge in [0.15, 0.2) is 0 Å². The third kappa shape index (κ3) is 2.33. The molecule has 3 nitrogen and oxygen atoms in total. The first-order valence-electron chi connectivity index (χ1n) is 4.60. The molecule has 1 aromatic carbocycles. The molecule has 0 fully saturated rings. The number of hydrogen-bond acceptors (Lipinski definition) is 2. The van der Waals surface area contributed by atoms with Crippen LogP contribution in [0.5, 0.6) is 0 Å². The molecule has 0 bridgehead atoms. The average molecular weight is 193 g/mol. The van der Waals surface area contributed by atoms with Crippen LogP contribution >= 0.6 is 0 Å². The number of rotatable bonds is 3. The molecule has 1 atom stereocenters. The molecule has 1 rings (SSSR count). The number of carbonyl (C=O) groups is 1. The maximum atomic E-state index is 11.3. The summed E-state index contributed by atoms with van der Waals surface area (Å²) in [5, 5.41) is 11.4. The van der Waals surface area contributed by atoms with Crippen LogP contribution in [0.1, 0.15) is 24.0 Å². The molecule has 0 saturated heterocycles. The first-order chi connectivity index (χ1) is 6.69. The number of hydrogen-bond donors (Lipinski definition) is 2. The first kappa shape index (κ1) is 10.7. The van der Waals surface area contributed by atoms with Crippen molar-refractivity contribution in [2.75, 3.05) is 7.05 Å². The molecule has 1 amide bonds. The van der Waals surface area contributed by atoms with E-state index < -0.39 is 0 Å². The first-order valence-corrected chi connectivity index (χ1v) is 4.60. The zero-order valence-corrected chi connectivity index (χ0v) is 8.45. The van der Waals surface area contributed by atoms with Crippen molar-refractivity contribution < 1.29 is 9.90 Å². The Labute approximate surface area is 83.8 Å². The number of amides is 1. The SMILES string of the molecule is CNC(=O)C(C)c1ccc(CO)cc1. The van der Waals surface area contributed by atoms with E-state index in [1.54, 1.807) is 7.05 Å². The lowest BCUT2D eigenvalue weighted by Gasteiger charge is -2.10. The van der Waals surface area contributed by atoms with Gasteiger partial charge in [0.25, 0.3) is 0 Å². The van der Waals surface area contributed by atoms with Gasteiger partial charge in [0.2, 0.25) is 5.91 Å². The second-order valence-electron chi connectivity index (χ2n) is 3.24. The van der Waals surface area contributed by atoms with E-state index in [1.807, 2.05) is 31.2 Å². The van der Waals surface area contributed by atoms with Gasteiger partial charge in [-0.25, -0.2) is 0 Å². The predicted octanol–water partition coefficient (Wildman–Crippen LogP) is 1.03. The molecule has 1 unspecified atom stereocenters. The normalized spacial score (nSPS) is 12.2. The number of likely N-dealkylation sites (N-methyl/N-ethyl adjacent to an activating group) is 1. The summed E-state index contributed by atoms with van der Waals surface area (Å²) in [5.41, 5.74) is 1.82. The van der Waals surface area contributed by atoms with Gasteiger partial charge in [-0.15, -0.1) is 0 Å². The second-order valence-corrected chi connectivity index (χ2v) is 3.24. The van der Waals surface area contributed by atoms with E-state index in [1.165, 1.54) is 0 Å². The van der Waals surface area contributed by atoms with Crippen molar-refractivity contribution in [3.05, 3.63) is 35.4 Å². The second kappa shape index (κ2) is 4.77. The van der Waals surface area contributed by atoms with Crippen LogP contribution in [0.4, 0.5) is 0 Å². The molecule has 76 valence electrons. The largest absolute Gasteiger partial charge is 0.392 e. The zero-order chi connectivity index (χ0) is 10.6. The Bertz CT molecular complexity index is 306. The predicted molar refractivity (Wildman–Crippen MR) is 54.8 cm³/mol. The summed E-state index contributed by atoms with van der Waals surface area (Å²) >= 11 is 0. The Kier molecular flexibility index (Phi) is 3.65. The fourth-order valence-electron chi connectivity index (χ4n) is 1.28. The summed E-state index contributed by atoms with van der Waals surface area (Å²) in [5.74, 6) is -0.144. The fourth-order valence-corrected chi connectivity index (χ4v) is 1.28. The van der Waals surface area contributed by atoms with Crippen LogP contribution in [0.15, 0.2) is 24.3 Å². The summed E-state index contributed by atoms with van der Waals surface area (Å²) in [6, 6.07) is 7.39. The maximum absolute atomic E-state index is 11.3. The highest BCUT2D eigenvalue weighted by atomic mass is 16.3. The standard InChI is InChI=1S/C11H15NO2/c1-8(11(14)12-2)10-5-3-9(7-13)4-6-10/h3-6,8,13H,7H2,1-2H3,(H,12,14). The molecule has 0 aliphatic rings. The summed E-state index contributed by atoms with van der Waals surface area (Å²) in [4.78, 5) is 11.3. The van der Waals surface area contributed by atoms with E-state index in [9.17, 15) is 4.79 Å². The Morgan fingerprint density at radius 1 is 1.43 bits per heavy atom. The minimum Gasteiger partial charge on any atom is -0.392 e. The molecule has 0 radical (unpaired) electrons. The molecule has 0 aliphatic heterocycles. The van der Waals surface area contributed by atoms with Gasteiger partial charge in [0.05, 0.1) is 12.5 Å². The van der Waals surface area contributed by atoms with Crippen molar-refractivity contribution in [2.24, 2.45) is 0 Å². The van der Waals surface area contributed by atoms with Crippen LogP contribution in [0.3, 0.4) is 0 Å². The molecule has 0 heterocycles.